The zero-order chi connectivity index (χ0) is 16.2. The number of hydrogen-bond donors (Lipinski definition) is 4. The second-order valence-electron chi connectivity index (χ2n) is 4.82. The molecule has 0 radical (unpaired) electrons. The Hall–Kier alpha value is -2.22. The van der Waals surface area contributed by atoms with E-state index in [0.717, 1.165) is 12.1 Å². The Morgan fingerprint density at radius 3 is 2.05 bits per heavy atom. The molecule has 1 aromatic carbocycles. The third-order valence-corrected chi connectivity index (χ3v) is 2.62. The number of anilines is 1. The van der Waals surface area contributed by atoms with Crippen LogP contribution in [0.4, 0.5) is 14.5 Å². The summed E-state index contributed by atoms with van der Waals surface area (Å²) in [6.45, 7) is 5.02. The van der Waals surface area contributed by atoms with Gasteiger partial charge in [-0.3, -0.25) is 15.4 Å². The maximum Gasteiger partial charge on any atom is 0.252 e. The molecule has 0 heterocycles. The van der Waals surface area contributed by atoms with Gasteiger partial charge in [-0.15, -0.1) is 0 Å². The molecule has 116 valence electrons. The van der Waals surface area contributed by atoms with E-state index in [1.165, 1.54) is 6.92 Å². The molecule has 0 aliphatic rings. The molecule has 1 unspecified atom stereocenters. The molecule has 0 aliphatic carbocycles. The second kappa shape index (κ2) is 6.98. The Morgan fingerprint density at radius 2 is 1.62 bits per heavy atom. The molecule has 0 spiro atoms. The minimum Gasteiger partial charge on any atom is -0.352 e. The van der Waals surface area contributed by atoms with E-state index in [2.05, 4.69) is 10.6 Å². The first-order chi connectivity index (χ1) is 9.76. The number of benzene rings is 1. The van der Waals surface area contributed by atoms with Crippen LogP contribution in [0.15, 0.2) is 12.1 Å². The predicted octanol–water partition coefficient (Wildman–Crippen LogP) is 0.893. The summed E-state index contributed by atoms with van der Waals surface area (Å²) in [5, 5.41) is 4.97. The Kier molecular flexibility index (Phi) is 5.60. The van der Waals surface area contributed by atoms with Crippen LogP contribution in [0, 0.1) is 11.6 Å². The third kappa shape index (κ3) is 4.38. The van der Waals surface area contributed by atoms with Crippen LogP contribution in [0.5, 0.6) is 0 Å². The largest absolute Gasteiger partial charge is 0.352 e. The van der Waals surface area contributed by atoms with E-state index in [0.29, 0.717) is 0 Å². The maximum absolute atomic E-state index is 13.5. The van der Waals surface area contributed by atoms with Gasteiger partial charge in [0.25, 0.3) is 5.91 Å². The maximum atomic E-state index is 13.5. The highest BCUT2D eigenvalue weighted by Crippen LogP contribution is 2.19. The highest BCUT2D eigenvalue weighted by Gasteiger charge is 2.19. The molecule has 1 aromatic rings. The molecule has 0 fully saturated rings. The first-order valence-corrected chi connectivity index (χ1v) is 6.33. The number of carbonyl (C=O) groups is 2. The van der Waals surface area contributed by atoms with Gasteiger partial charge in [0.05, 0.1) is 0 Å². The highest BCUT2D eigenvalue weighted by atomic mass is 19.1. The standard InChI is InChI=1S/C13H18F2N4O2/c1-6(2)17-12(20)7(3)18-13(21)8-4-9(14)11(19-16)10(15)5-8/h4-7,19H,16H2,1-3H3,(H,17,20)(H,18,21). The van der Waals surface area contributed by atoms with Gasteiger partial charge < -0.3 is 16.1 Å². The van der Waals surface area contributed by atoms with Gasteiger partial charge in [0, 0.05) is 11.6 Å². The van der Waals surface area contributed by atoms with Crippen molar-refractivity contribution in [3.8, 4) is 0 Å². The zero-order valence-corrected chi connectivity index (χ0v) is 12.0. The molecule has 0 aliphatic heterocycles. The van der Waals surface area contributed by atoms with Gasteiger partial charge in [0.2, 0.25) is 5.91 Å². The Labute approximate surface area is 121 Å². The zero-order valence-electron chi connectivity index (χ0n) is 12.0. The number of amides is 2. The van der Waals surface area contributed by atoms with Crippen molar-refractivity contribution in [2.45, 2.75) is 32.9 Å². The highest BCUT2D eigenvalue weighted by molar-refractivity contribution is 5.97. The van der Waals surface area contributed by atoms with Crippen molar-refractivity contribution in [3.05, 3.63) is 29.3 Å². The minimum absolute atomic E-state index is 0.0818. The lowest BCUT2D eigenvalue weighted by Crippen LogP contribution is -2.46. The van der Waals surface area contributed by atoms with E-state index < -0.39 is 29.3 Å². The lowest BCUT2D eigenvalue weighted by molar-refractivity contribution is -0.123. The molecule has 21 heavy (non-hydrogen) atoms. The number of carbonyl (C=O) groups excluding carboxylic acids is 2. The van der Waals surface area contributed by atoms with Gasteiger partial charge >= 0.3 is 0 Å². The fraction of sp³-hybridized carbons (Fsp3) is 0.385. The molecule has 6 nitrogen and oxygen atoms in total. The fourth-order valence-electron chi connectivity index (χ4n) is 1.60. The average Bonchev–Trinajstić information content (AvgIpc) is 2.37. The summed E-state index contributed by atoms with van der Waals surface area (Å²) in [5.74, 6) is 1.81. The summed E-state index contributed by atoms with van der Waals surface area (Å²) in [6, 6.07) is 0.751. The lowest BCUT2D eigenvalue weighted by Gasteiger charge is -2.16. The Morgan fingerprint density at radius 1 is 1.10 bits per heavy atom. The number of nitrogens with two attached hydrogens (primary N) is 1. The van der Waals surface area contributed by atoms with E-state index in [1.54, 1.807) is 13.8 Å². The van der Waals surface area contributed by atoms with Crippen molar-refractivity contribution in [2.75, 3.05) is 5.43 Å². The third-order valence-electron chi connectivity index (χ3n) is 2.62. The van der Waals surface area contributed by atoms with Crippen LogP contribution in [-0.2, 0) is 4.79 Å². The number of nitrogens with one attached hydrogen (secondary N) is 3. The lowest BCUT2D eigenvalue weighted by atomic mass is 10.1. The molecule has 0 aromatic heterocycles. The molecular formula is C13H18F2N4O2. The van der Waals surface area contributed by atoms with Gasteiger partial charge in [0.15, 0.2) is 11.6 Å². The molecule has 8 heteroatoms. The topological polar surface area (TPSA) is 96.2 Å². The van der Waals surface area contributed by atoms with Crippen molar-refractivity contribution in [1.82, 2.24) is 10.6 Å². The number of hydrogen-bond acceptors (Lipinski definition) is 4. The Bertz CT molecular complexity index is 526. The Balaban J connectivity index is 2.83. The fourth-order valence-corrected chi connectivity index (χ4v) is 1.60. The predicted molar refractivity (Wildman–Crippen MR) is 74.4 cm³/mol. The van der Waals surface area contributed by atoms with Crippen molar-refractivity contribution in [3.63, 3.8) is 0 Å². The number of hydrazine groups is 1. The molecule has 1 rings (SSSR count). The summed E-state index contributed by atoms with van der Waals surface area (Å²) >= 11 is 0. The van der Waals surface area contributed by atoms with Gasteiger partial charge in [-0.25, -0.2) is 8.78 Å². The molecular weight excluding hydrogens is 282 g/mol. The smallest absolute Gasteiger partial charge is 0.252 e. The quantitative estimate of drug-likeness (QED) is 0.480. The van der Waals surface area contributed by atoms with Crippen LogP contribution in [0.2, 0.25) is 0 Å². The molecule has 0 saturated carbocycles. The monoisotopic (exact) mass is 300 g/mol. The summed E-state index contributed by atoms with van der Waals surface area (Å²) in [7, 11) is 0. The van der Waals surface area contributed by atoms with Crippen molar-refractivity contribution < 1.29 is 18.4 Å². The van der Waals surface area contributed by atoms with Gasteiger partial charge in [-0.05, 0) is 32.9 Å². The summed E-state index contributed by atoms with van der Waals surface area (Å²) in [5.41, 5.74) is 1.09. The normalized spacial score (nSPS) is 12.0. The first-order valence-electron chi connectivity index (χ1n) is 6.33. The second-order valence-corrected chi connectivity index (χ2v) is 4.82. The van der Waals surface area contributed by atoms with Gasteiger partial charge in [-0.2, -0.15) is 0 Å². The van der Waals surface area contributed by atoms with Crippen LogP contribution in [-0.4, -0.2) is 23.9 Å². The van der Waals surface area contributed by atoms with E-state index in [-0.39, 0.29) is 17.5 Å². The van der Waals surface area contributed by atoms with Crippen molar-refractivity contribution >= 4 is 17.5 Å². The molecule has 2 amide bonds. The molecule has 0 saturated heterocycles. The number of halogens is 2. The molecule has 5 N–H and O–H groups in total. The molecule has 1 atom stereocenters. The molecule has 0 bridgehead atoms. The average molecular weight is 300 g/mol. The van der Waals surface area contributed by atoms with Crippen molar-refractivity contribution in [1.29, 1.82) is 0 Å². The van der Waals surface area contributed by atoms with Crippen LogP contribution in [0.3, 0.4) is 0 Å². The summed E-state index contributed by atoms with van der Waals surface area (Å²) in [6.07, 6.45) is 0. The van der Waals surface area contributed by atoms with E-state index in [4.69, 9.17) is 5.84 Å². The minimum atomic E-state index is -0.998. The van der Waals surface area contributed by atoms with E-state index >= 15 is 0 Å². The van der Waals surface area contributed by atoms with Crippen LogP contribution < -0.4 is 21.9 Å². The van der Waals surface area contributed by atoms with E-state index in [9.17, 15) is 18.4 Å². The van der Waals surface area contributed by atoms with Crippen LogP contribution in [0.1, 0.15) is 31.1 Å². The van der Waals surface area contributed by atoms with Gasteiger partial charge in [0.1, 0.15) is 11.7 Å². The summed E-state index contributed by atoms with van der Waals surface area (Å²) < 4.78 is 27.0. The summed E-state index contributed by atoms with van der Waals surface area (Å²) in [4.78, 5) is 23.5. The number of rotatable bonds is 5. The van der Waals surface area contributed by atoms with Crippen LogP contribution in [0.25, 0.3) is 0 Å². The SMILES string of the molecule is CC(C)NC(=O)C(C)NC(=O)c1cc(F)c(NN)c(F)c1. The first kappa shape index (κ1) is 16.8. The van der Waals surface area contributed by atoms with Crippen LogP contribution >= 0.6 is 0 Å². The number of nitrogen functional groups attached to an aromatic ring is 1. The van der Waals surface area contributed by atoms with Crippen molar-refractivity contribution in [2.24, 2.45) is 5.84 Å². The van der Waals surface area contributed by atoms with Gasteiger partial charge in [-0.1, -0.05) is 0 Å². The van der Waals surface area contributed by atoms with E-state index in [1.807, 2.05) is 5.43 Å².